The van der Waals surface area contributed by atoms with Gasteiger partial charge in [0.25, 0.3) is 0 Å². The largest absolute Gasteiger partial charge is 0.350 e. The molecule has 2 aromatic carbocycles. The van der Waals surface area contributed by atoms with Crippen LogP contribution in [0.3, 0.4) is 0 Å². The molecule has 9 heteroatoms. The van der Waals surface area contributed by atoms with Gasteiger partial charge >= 0.3 is 0 Å². The molecule has 0 radical (unpaired) electrons. The average molecular weight is 522 g/mol. The lowest BCUT2D eigenvalue weighted by molar-refractivity contribution is -0.141. The van der Waals surface area contributed by atoms with Gasteiger partial charge in [-0.05, 0) is 75.9 Å². The van der Waals surface area contributed by atoms with E-state index in [0.717, 1.165) is 21.7 Å². The third-order valence-electron chi connectivity index (χ3n) is 5.64. The number of hydrogen-bond acceptors (Lipinski definition) is 4. The molecule has 192 valence electrons. The lowest BCUT2D eigenvalue weighted by Gasteiger charge is -2.34. The fourth-order valence-electron chi connectivity index (χ4n) is 3.68. The standard InChI is InChI=1S/C26H36ClN3O4S/c1-8-23(25(32)28-26(4,5)6)29(16-20-11-9-10-12-22(20)27)24(31)17-30(35(7,33)34)21-14-13-18(2)19(3)15-21/h9-15,23H,8,16-17H2,1-7H3,(H,28,32)/t23-/m1/s1. The SMILES string of the molecule is CC[C@H](C(=O)NC(C)(C)C)N(Cc1ccccc1Cl)C(=O)CN(c1ccc(C)c(C)c1)S(C)(=O)=O. The average Bonchev–Trinajstić information content (AvgIpc) is 2.73. The number of hydrogen-bond donors (Lipinski definition) is 1. The summed E-state index contributed by atoms with van der Waals surface area (Å²) in [6.45, 7) is 10.9. The second kappa shape index (κ2) is 11.4. The number of nitrogens with zero attached hydrogens (tertiary/aromatic N) is 2. The zero-order valence-electron chi connectivity index (χ0n) is 21.6. The number of carbonyl (C=O) groups excluding carboxylic acids is 2. The molecule has 0 unspecified atom stereocenters. The third-order valence-corrected chi connectivity index (χ3v) is 7.15. The first-order valence-electron chi connectivity index (χ1n) is 11.5. The van der Waals surface area contributed by atoms with Crippen LogP contribution in [0.2, 0.25) is 5.02 Å². The quantitative estimate of drug-likeness (QED) is 0.528. The number of rotatable bonds is 9. The molecular weight excluding hydrogens is 486 g/mol. The molecule has 0 saturated carbocycles. The van der Waals surface area contributed by atoms with Crippen LogP contribution in [0.25, 0.3) is 0 Å². The molecule has 0 aliphatic heterocycles. The van der Waals surface area contributed by atoms with Gasteiger partial charge in [-0.3, -0.25) is 13.9 Å². The number of halogens is 1. The molecule has 0 spiro atoms. The smallest absolute Gasteiger partial charge is 0.244 e. The number of sulfonamides is 1. The molecule has 0 bridgehead atoms. The Balaban J connectivity index is 2.49. The highest BCUT2D eigenvalue weighted by atomic mass is 35.5. The molecular formula is C26H36ClN3O4S. The van der Waals surface area contributed by atoms with Crippen molar-refractivity contribution in [3.63, 3.8) is 0 Å². The number of nitrogens with one attached hydrogen (secondary N) is 1. The summed E-state index contributed by atoms with van der Waals surface area (Å²) in [5, 5.41) is 3.40. The van der Waals surface area contributed by atoms with E-state index in [1.54, 1.807) is 36.4 Å². The Bertz CT molecular complexity index is 1180. The summed E-state index contributed by atoms with van der Waals surface area (Å²) >= 11 is 6.37. The number of anilines is 1. The molecule has 0 saturated heterocycles. The summed E-state index contributed by atoms with van der Waals surface area (Å²) in [6.07, 6.45) is 1.41. The minimum Gasteiger partial charge on any atom is -0.350 e. The summed E-state index contributed by atoms with van der Waals surface area (Å²) in [5.41, 5.74) is 2.49. The molecule has 0 aromatic heterocycles. The molecule has 2 amide bonds. The maximum absolute atomic E-state index is 13.7. The van der Waals surface area contributed by atoms with Gasteiger partial charge in [0.05, 0.1) is 11.9 Å². The molecule has 0 heterocycles. The van der Waals surface area contributed by atoms with Crippen LogP contribution < -0.4 is 9.62 Å². The summed E-state index contributed by atoms with van der Waals surface area (Å²) in [7, 11) is -3.78. The van der Waals surface area contributed by atoms with E-state index in [0.29, 0.717) is 22.7 Å². The lowest BCUT2D eigenvalue weighted by Crippen LogP contribution is -2.55. The van der Waals surface area contributed by atoms with Crippen molar-refractivity contribution >= 4 is 39.1 Å². The summed E-state index contributed by atoms with van der Waals surface area (Å²) in [6, 6.07) is 11.5. The minimum absolute atomic E-state index is 0.0686. The van der Waals surface area contributed by atoms with E-state index in [1.807, 2.05) is 47.6 Å². The van der Waals surface area contributed by atoms with E-state index >= 15 is 0 Å². The first-order chi connectivity index (χ1) is 16.1. The van der Waals surface area contributed by atoms with E-state index in [2.05, 4.69) is 5.32 Å². The van der Waals surface area contributed by atoms with Crippen molar-refractivity contribution in [3.8, 4) is 0 Å². The van der Waals surface area contributed by atoms with Gasteiger partial charge in [0.1, 0.15) is 12.6 Å². The van der Waals surface area contributed by atoms with Gasteiger partial charge < -0.3 is 10.2 Å². The van der Waals surface area contributed by atoms with Crippen molar-refractivity contribution in [3.05, 3.63) is 64.2 Å². The topological polar surface area (TPSA) is 86.8 Å². The van der Waals surface area contributed by atoms with E-state index < -0.39 is 34.1 Å². The fourth-order valence-corrected chi connectivity index (χ4v) is 4.71. The summed E-state index contributed by atoms with van der Waals surface area (Å²) in [5.74, 6) is -0.804. The van der Waals surface area contributed by atoms with Crippen molar-refractivity contribution in [2.45, 2.75) is 66.1 Å². The molecule has 0 fully saturated rings. The Kier molecular flexibility index (Phi) is 9.36. The molecule has 0 aliphatic rings. The number of benzene rings is 2. The van der Waals surface area contributed by atoms with Crippen LogP contribution in [-0.4, -0.2) is 49.5 Å². The second-order valence-electron chi connectivity index (χ2n) is 9.81. The zero-order valence-corrected chi connectivity index (χ0v) is 23.1. The lowest BCUT2D eigenvalue weighted by atomic mass is 10.1. The van der Waals surface area contributed by atoms with E-state index in [9.17, 15) is 18.0 Å². The molecule has 2 aromatic rings. The van der Waals surface area contributed by atoms with Crippen LogP contribution in [0, 0.1) is 13.8 Å². The maximum atomic E-state index is 13.7. The van der Waals surface area contributed by atoms with Gasteiger partial charge in [-0.2, -0.15) is 0 Å². The van der Waals surface area contributed by atoms with Crippen LogP contribution in [0.4, 0.5) is 5.69 Å². The highest BCUT2D eigenvalue weighted by Crippen LogP contribution is 2.24. The van der Waals surface area contributed by atoms with Crippen LogP contribution in [-0.2, 0) is 26.2 Å². The first kappa shape index (κ1) is 28.7. The Morgan fingerprint density at radius 1 is 1.06 bits per heavy atom. The second-order valence-corrected chi connectivity index (χ2v) is 12.1. The third kappa shape index (κ3) is 7.97. The number of aryl methyl sites for hydroxylation is 2. The highest BCUT2D eigenvalue weighted by molar-refractivity contribution is 7.92. The molecule has 7 nitrogen and oxygen atoms in total. The van der Waals surface area contributed by atoms with Gasteiger partial charge in [-0.15, -0.1) is 0 Å². The Morgan fingerprint density at radius 3 is 2.20 bits per heavy atom. The van der Waals surface area contributed by atoms with Gasteiger partial charge in [0.2, 0.25) is 21.8 Å². The van der Waals surface area contributed by atoms with Crippen molar-refractivity contribution in [2.75, 3.05) is 17.1 Å². The molecule has 1 N–H and O–H groups in total. The maximum Gasteiger partial charge on any atom is 0.244 e. The van der Waals surface area contributed by atoms with Gasteiger partial charge in [-0.25, -0.2) is 8.42 Å². The van der Waals surface area contributed by atoms with Crippen molar-refractivity contribution in [1.82, 2.24) is 10.2 Å². The van der Waals surface area contributed by atoms with Crippen molar-refractivity contribution in [2.24, 2.45) is 0 Å². The van der Waals surface area contributed by atoms with Gasteiger partial charge in [-0.1, -0.05) is 42.8 Å². The highest BCUT2D eigenvalue weighted by Gasteiger charge is 2.33. The molecule has 2 rings (SSSR count). The number of carbonyl (C=O) groups is 2. The Hall–Kier alpha value is -2.58. The van der Waals surface area contributed by atoms with Crippen molar-refractivity contribution in [1.29, 1.82) is 0 Å². The monoisotopic (exact) mass is 521 g/mol. The molecule has 35 heavy (non-hydrogen) atoms. The Morgan fingerprint density at radius 2 is 1.69 bits per heavy atom. The van der Waals surface area contributed by atoms with Gasteiger partial charge in [0.15, 0.2) is 0 Å². The zero-order chi connectivity index (χ0) is 26.6. The van der Waals surface area contributed by atoms with Crippen LogP contribution in [0.5, 0.6) is 0 Å². The van der Waals surface area contributed by atoms with Crippen LogP contribution in [0.15, 0.2) is 42.5 Å². The number of amides is 2. The van der Waals surface area contributed by atoms with Crippen LogP contribution >= 0.6 is 11.6 Å². The predicted molar refractivity (Wildman–Crippen MR) is 142 cm³/mol. The summed E-state index contributed by atoms with van der Waals surface area (Å²) < 4.78 is 26.5. The van der Waals surface area contributed by atoms with Gasteiger partial charge in [0, 0.05) is 17.1 Å². The van der Waals surface area contributed by atoms with E-state index in [4.69, 9.17) is 11.6 Å². The molecule has 1 atom stereocenters. The Labute approximate surface area is 214 Å². The first-order valence-corrected chi connectivity index (χ1v) is 13.8. The normalized spacial score (nSPS) is 12.7. The predicted octanol–water partition coefficient (Wildman–Crippen LogP) is 4.44. The van der Waals surface area contributed by atoms with Crippen LogP contribution in [0.1, 0.15) is 50.8 Å². The fraction of sp³-hybridized carbons (Fsp3) is 0.462. The minimum atomic E-state index is -3.78. The van der Waals surface area contributed by atoms with E-state index in [1.165, 1.54) is 4.90 Å². The summed E-state index contributed by atoms with van der Waals surface area (Å²) in [4.78, 5) is 28.3. The molecule has 0 aliphatic carbocycles. The van der Waals surface area contributed by atoms with Crippen molar-refractivity contribution < 1.29 is 18.0 Å². The van der Waals surface area contributed by atoms with E-state index in [-0.39, 0.29) is 12.5 Å².